The molecule has 0 saturated carbocycles. The Bertz CT molecular complexity index is 361. The number of halogens is 1. The quantitative estimate of drug-likeness (QED) is 0.560. The number of nitriles is 1. The third-order valence-corrected chi connectivity index (χ3v) is 2.11. The molecule has 1 rings (SSSR count). The van der Waals surface area contributed by atoms with Crippen LogP contribution in [-0.2, 0) is 4.18 Å². The number of rotatable bonds is 2. The molecule has 0 atom stereocenters. The van der Waals surface area contributed by atoms with E-state index in [1.165, 1.54) is 6.26 Å². The molecule has 0 heterocycles. The lowest BCUT2D eigenvalue weighted by Crippen LogP contribution is -1.93. The second-order valence-electron chi connectivity index (χ2n) is 2.03. The second-order valence-corrected chi connectivity index (χ2v) is 3.14. The zero-order chi connectivity index (χ0) is 9.68. The van der Waals surface area contributed by atoms with Gasteiger partial charge >= 0.3 is 0 Å². The van der Waals surface area contributed by atoms with Gasteiger partial charge in [0, 0.05) is 0 Å². The number of hydrogen-bond donors (Lipinski definition) is 0. The van der Waals surface area contributed by atoms with Crippen LogP contribution in [0.15, 0.2) is 24.3 Å². The van der Waals surface area contributed by atoms with Gasteiger partial charge in [0.05, 0.1) is 10.6 Å². The van der Waals surface area contributed by atoms with E-state index in [1.54, 1.807) is 24.3 Å². The average Bonchev–Trinajstić information content (AvgIpc) is 2.15. The molecule has 0 radical (unpaired) electrons. The molecule has 0 aliphatic rings. The molecule has 5 heteroatoms. The molecular weight excluding hydrogens is 210 g/mol. The highest BCUT2D eigenvalue weighted by atomic mass is 35.5. The van der Waals surface area contributed by atoms with Gasteiger partial charge in [0.1, 0.15) is 0 Å². The van der Waals surface area contributed by atoms with Crippen molar-refractivity contribution in [3.05, 3.63) is 34.9 Å². The molecule has 0 bridgehead atoms. The molecule has 1 aromatic rings. The van der Waals surface area contributed by atoms with Gasteiger partial charge in [-0.05, 0) is 12.1 Å². The summed E-state index contributed by atoms with van der Waals surface area (Å²) >= 11 is 6.18. The average molecular weight is 214 g/mol. The van der Waals surface area contributed by atoms with Gasteiger partial charge < -0.3 is 4.18 Å². The predicted octanol–water partition coefficient (Wildman–Crippen LogP) is 2.63. The topological polar surface area (TPSA) is 50.1 Å². The van der Waals surface area contributed by atoms with E-state index < -0.39 is 0 Å². The highest BCUT2D eigenvalue weighted by Crippen LogP contribution is 2.20. The van der Waals surface area contributed by atoms with Crippen LogP contribution >= 0.6 is 23.6 Å². The molecule has 3 nitrogen and oxygen atoms in total. The Hall–Kier alpha value is -1.18. The Labute approximate surface area is 84.5 Å². The summed E-state index contributed by atoms with van der Waals surface area (Å²) in [4.78, 5) is 11.2. The Morgan fingerprint density at radius 2 is 2.23 bits per heavy atom. The lowest BCUT2D eigenvalue weighted by atomic mass is 10.2. The van der Waals surface area contributed by atoms with Crippen LogP contribution in [0.2, 0.25) is 5.02 Å². The van der Waals surface area contributed by atoms with Gasteiger partial charge in [-0.15, -0.1) is 5.26 Å². The summed E-state index contributed by atoms with van der Waals surface area (Å²) in [5, 5.41) is 8.02. The molecule has 0 N–H and O–H groups in total. The van der Waals surface area contributed by atoms with Crippen molar-refractivity contribution in [2.24, 2.45) is 0 Å². The maximum absolute atomic E-state index is 11.2. The van der Waals surface area contributed by atoms with E-state index in [0.29, 0.717) is 22.6 Å². The van der Waals surface area contributed by atoms with Crippen molar-refractivity contribution in [2.45, 2.75) is 0 Å². The fraction of sp³-hybridized carbons (Fsp3) is 0. The van der Waals surface area contributed by atoms with Gasteiger partial charge in [-0.3, -0.25) is 4.79 Å². The summed E-state index contributed by atoms with van der Waals surface area (Å²) in [6, 6.07) is 6.57. The highest BCUT2D eigenvalue weighted by Gasteiger charge is 2.11. The van der Waals surface area contributed by atoms with Crippen LogP contribution in [0, 0.1) is 11.5 Å². The lowest BCUT2D eigenvalue weighted by Gasteiger charge is -1.98. The van der Waals surface area contributed by atoms with Gasteiger partial charge in [0.25, 0.3) is 11.4 Å². The minimum Gasteiger partial charge on any atom is -0.344 e. The fourth-order valence-corrected chi connectivity index (χ4v) is 1.39. The number of carbonyl (C=O) groups is 1. The van der Waals surface area contributed by atoms with E-state index in [2.05, 4.69) is 4.18 Å². The van der Waals surface area contributed by atoms with E-state index in [9.17, 15) is 4.79 Å². The Balaban J connectivity index is 2.78. The van der Waals surface area contributed by atoms with Crippen molar-refractivity contribution < 1.29 is 8.98 Å². The van der Waals surface area contributed by atoms with Crippen molar-refractivity contribution in [1.29, 1.82) is 5.26 Å². The molecule has 0 amide bonds. The van der Waals surface area contributed by atoms with E-state index in [0.717, 1.165) is 0 Å². The molecule has 0 spiro atoms. The summed E-state index contributed by atoms with van der Waals surface area (Å²) in [5.41, 5.74) is 0.337. The summed E-state index contributed by atoms with van der Waals surface area (Å²) in [6.45, 7) is 0. The Morgan fingerprint density at radius 1 is 1.54 bits per heavy atom. The summed E-state index contributed by atoms with van der Waals surface area (Å²) in [5.74, 6) is 0. The summed E-state index contributed by atoms with van der Waals surface area (Å²) < 4.78 is 4.22. The van der Waals surface area contributed by atoms with Gasteiger partial charge in [0.15, 0.2) is 12.0 Å². The Kier molecular flexibility index (Phi) is 3.62. The molecule has 0 aliphatic heterocycles. The second kappa shape index (κ2) is 4.75. The maximum atomic E-state index is 11.2. The lowest BCUT2D eigenvalue weighted by molar-refractivity contribution is 0.108. The molecule has 0 unspecified atom stereocenters. The van der Waals surface area contributed by atoms with Crippen LogP contribution in [0.4, 0.5) is 0 Å². The van der Waals surface area contributed by atoms with E-state index >= 15 is 0 Å². The van der Waals surface area contributed by atoms with Gasteiger partial charge in [-0.2, -0.15) is 0 Å². The molecule has 0 saturated heterocycles. The van der Waals surface area contributed by atoms with Crippen molar-refractivity contribution in [3.63, 3.8) is 0 Å². The number of nitrogens with zero attached hydrogens (tertiary/aromatic N) is 1. The van der Waals surface area contributed by atoms with Crippen molar-refractivity contribution >= 4 is 28.8 Å². The summed E-state index contributed by atoms with van der Waals surface area (Å²) in [7, 11) is 0. The molecule has 0 fully saturated rings. The van der Waals surface area contributed by atoms with Crippen LogP contribution in [0.25, 0.3) is 0 Å². The monoisotopic (exact) mass is 213 g/mol. The minimum atomic E-state index is -0.382. The highest BCUT2D eigenvalue weighted by molar-refractivity contribution is 8.10. The van der Waals surface area contributed by atoms with E-state index in [1.807, 2.05) is 0 Å². The zero-order valence-corrected chi connectivity index (χ0v) is 7.93. The fourth-order valence-electron chi connectivity index (χ4n) is 0.728. The number of carbonyl (C=O) groups excluding carboxylic acids is 1. The van der Waals surface area contributed by atoms with Gasteiger partial charge in [-0.1, -0.05) is 23.7 Å². The largest absolute Gasteiger partial charge is 0.344 e. The maximum Gasteiger partial charge on any atom is 0.300 e. The van der Waals surface area contributed by atoms with Crippen LogP contribution in [0.1, 0.15) is 10.4 Å². The van der Waals surface area contributed by atoms with Crippen molar-refractivity contribution in [2.75, 3.05) is 0 Å². The third-order valence-electron chi connectivity index (χ3n) is 1.25. The van der Waals surface area contributed by atoms with Crippen molar-refractivity contribution in [1.82, 2.24) is 0 Å². The molecule has 0 aliphatic carbocycles. The summed E-state index contributed by atoms with van der Waals surface area (Å²) in [6.07, 6.45) is 1.39. The first-order valence-electron chi connectivity index (χ1n) is 3.27. The molecular formula is C8H4ClNO2S. The zero-order valence-electron chi connectivity index (χ0n) is 6.36. The minimum absolute atomic E-state index is 0.337. The van der Waals surface area contributed by atoms with Crippen LogP contribution in [0.5, 0.6) is 0 Å². The Morgan fingerprint density at radius 3 is 2.85 bits per heavy atom. The molecule has 66 valence electrons. The molecule has 13 heavy (non-hydrogen) atoms. The number of benzene rings is 1. The van der Waals surface area contributed by atoms with Crippen LogP contribution in [0.3, 0.4) is 0 Å². The van der Waals surface area contributed by atoms with Gasteiger partial charge in [0.2, 0.25) is 0 Å². The first-order valence-corrected chi connectivity index (χ1v) is 4.39. The number of hydrogen-bond acceptors (Lipinski definition) is 4. The predicted molar refractivity (Wildman–Crippen MR) is 50.1 cm³/mol. The first-order chi connectivity index (χ1) is 6.25. The standard InChI is InChI=1S/C8H4ClNO2S/c9-7-4-2-1-3-6(7)8(11)13-12-5-10/h1-4H. The first kappa shape index (κ1) is 9.90. The molecule has 0 aromatic heterocycles. The smallest absolute Gasteiger partial charge is 0.300 e. The van der Waals surface area contributed by atoms with Crippen molar-refractivity contribution in [3.8, 4) is 6.26 Å². The van der Waals surface area contributed by atoms with Crippen LogP contribution in [-0.4, -0.2) is 5.12 Å². The van der Waals surface area contributed by atoms with Crippen LogP contribution < -0.4 is 0 Å². The molecule has 1 aromatic carbocycles. The normalized spacial score (nSPS) is 8.92. The van der Waals surface area contributed by atoms with E-state index in [-0.39, 0.29) is 5.12 Å². The SMILES string of the molecule is N#COSC(=O)c1ccccc1Cl. The third kappa shape index (κ3) is 2.65. The van der Waals surface area contributed by atoms with Gasteiger partial charge in [-0.25, -0.2) is 0 Å². The van der Waals surface area contributed by atoms with E-state index in [4.69, 9.17) is 16.9 Å².